The summed E-state index contributed by atoms with van der Waals surface area (Å²) in [5.41, 5.74) is 2.69. The number of nitrogens with zero attached hydrogens (tertiary/aromatic N) is 1. The fourth-order valence-electron chi connectivity index (χ4n) is 3.54. The summed E-state index contributed by atoms with van der Waals surface area (Å²) in [6, 6.07) is 9.02. The van der Waals surface area contributed by atoms with Crippen molar-refractivity contribution in [2.24, 2.45) is 5.41 Å². The Morgan fingerprint density at radius 2 is 1.75 bits per heavy atom. The van der Waals surface area contributed by atoms with Crippen LogP contribution in [0.4, 0.5) is 0 Å². The number of benzene rings is 1. The molecule has 3 rings (SSSR count). The summed E-state index contributed by atoms with van der Waals surface area (Å²) in [6.45, 7) is 0.558. The molecule has 0 unspecified atom stereocenters. The van der Waals surface area contributed by atoms with Crippen LogP contribution in [0.3, 0.4) is 0 Å². The first kappa shape index (κ1) is 13.5. The van der Waals surface area contributed by atoms with Crippen LogP contribution in [0, 0.1) is 16.7 Å². The highest BCUT2D eigenvalue weighted by Crippen LogP contribution is 2.36. The summed E-state index contributed by atoms with van der Waals surface area (Å²) in [5, 5.41) is 9.48. The van der Waals surface area contributed by atoms with E-state index >= 15 is 0 Å². The second kappa shape index (κ2) is 5.87. The molecule has 2 heteroatoms. The summed E-state index contributed by atoms with van der Waals surface area (Å²) < 4.78 is 5.98. The average Bonchev–Trinajstić information content (AvgIpc) is 2.54. The molecule has 1 aromatic rings. The molecule has 0 saturated heterocycles. The van der Waals surface area contributed by atoms with Crippen LogP contribution in [0.2, 0.25) is 0 Å². The van der Waals surface area contributed by atoms with E-state index < -0.39 is 0 Å². The quantitative estimate of drug-likeness (QED) is 0.813. The van der Waals surface area contributed by atoms with E-state index in [1.165, 1.54) is 56.1 Å². The van der Waals surface area contributed by atoms with Gasteiger partial charge in [-0.3, -0.25) is 0 Å². The first-order chi connectivity index (χ1) is 9.81. The Balaban J connectivity index is 1.67. The van der Waals surface area contributed by atoms with Gasteiger partial charge in [0.05, 0.1) is 11.5 Å². The molecule has 0 bridgehead atoms. The minimum atomic E-state index is -0.242. The molecule has 0 amide bonds. The van der Waals surface area contributed by atoms with Crippen LogP contribution in [0.5, 0.6) is 5.75 Å². The van der Waals surface area contributed by atoms with Gasteiger partial charge >= 0.3 is 0 Å². The Morgan fingerprint density at radius 3 is 2.50 bits per heavy atom. The van der Waals surface area contributed by atoms with E-state index in [1.54, 1.807) is 0 Å². The van der Waals surface area contributed by atoms with Crippen molar-refractivity contribution in [3.63, 3.8) is 0 Å². The van der Waals surface area contributed by atoms with Gasteiger partial charge in [0.15, 0.2) is 0 Å². The number of ether oxygens (including phenoxy) is 1. The Morgan fingerprint density at radius 1 is 1.00 bits per heavy atom. The molecule has 1 saturated carbocycles. The SMILES string of the molecule is N#CC1(COc2ccc3c(c2)CCCC3)CCCCC1. The zero-order chi connectivity index (χ0) is 13.8. The van der Waals surface area contributed by atoms with E-state index in [4.69, 9.17) is 4.74 Å². The Kier molecular flexibility index (Phi) is 3.96. The summed E-state index contributed by atoms with van der Waals surface area (Å²) >= 11 is 0. The van der Waals surface area contributed by atoms with Gasteiger partial charge in [0.25, 0.3) is 0 Å². The largest absolute Gasteiger partial charge is 0.492 e. The van der Waals surface area contributed by atoms with Crippen molar-refractivity contribution in [2.75, 3.05) is 6.61 Å². The molecule has 0 radical (unpaired) electrons. The van der Waals surface area contributed by atoms with E-state index in [0.717, 1.165) is 18.6 Å². The van der Waals surface area contributed by atoms with Crippen LogP contribution < -0.4 is 4.74 Å². The average molecular weight is 269 g/mol. The highest BCUT2D eigenvalue weighted by atomic mass is 16.5. The lowest BCUT2D eigenvalue weighted by atomic mass is 9.76. The lowest BCUT2D eigenvalue weighted by Crippen LogP contribution is -2.29. The van der Waals surface area contributed by atoms with Crippen LogP contribution >= 0.6 is 0 Å². The molecule has 0 N–H and O–H groups in total. The summed E-state index contributed by atoms with van der Waals surface area (Å²) in [5.74, 6) is 0.950. The van der Waals surface area contributed by atoms with Crippen molar-refractivity contribution in [2.45, 2.75) is 57.8 Å². The molecular weight excluding hydrogens is 246 g/mol. The van der Waals surface area contributed by atoms with Crippen LogP contribution in [0.1, 0.15) is 56.1 Å². The van der Waals surface area contributed by atoms with Crippen molar-refractivity contribution >= 4 is 0 Å². The highest BCUT2D eigenvalue weighted by Gasteiger charge is 2.33. The van der Waals surface area contributed by atoms with Crippen LogP contribution in [-0.2, 0) is 12.8 Å². The van der Waals surface area contributed by atoms with Gasteiger partial charge in [-0.2, -0.15) is 5.26 Å². The van der Waals surface area contributed by atoms with E-state index in [2.05, 4.69) is 24.3 Å². The number of fused-ring (bicyclic) bond motifs is 1. The molecule has 1 aromatic carbocycles. The van der Waals surface area contributed by atoms with Gasteiger partial charge in [-0.1, -0.05) is 25.3 Å². The van der Waals surface area contributed by atoms with Gasteiger partial charge < -0.3 is 4.74 Å². The lowest BCUT2D eigenvalue weighted by molar-refractivity contribution is 0.150. The zero-order valence-electron chi connectivity index (χ0n) is 12.2. The van der Waals surface area contributed by atoms with Crippen molar-refractivity contribution in [3.8, 4) is 11.8 Å². The fourth-order valence-corrected chi connectivity index (χ4v) is 3.54. The summed E-state index contributed by atoms with van der Waals surface area (Å²) in [7, 11) is 0. The van der Waals surface area contributed by atoms with Crippen molar-refractivity contribution in [1.29, 1.82) is 5.26 Å². The zero-order valence-corrected chi connectivity index (χ0v) is 12.2. The van der Waals surface area contributed by atoms with Crippen molar-refractivity contribution in [1.82, 2.24) is 0 Å². The second-order valence-electron chi connectivity index (χ2n) is 6.38. The molecule has 1 fully saturated rings. The maximum Gasteiger partial charge on any atom is 0.119 e. The number of aryl methyl sites for hydroxylation is 2. The topological polar surface area (TPSA) is 33.0 Å². The van der Waals surface area contributed by atoms with Gasteiger partial charge in [0, 0.05) is 0 Å². The third kappa shape index (κ3) is 2.82. The molecule has 2 aliphatic carbocycles. The second-order valence-corrected chi connectivity index (χ2v) is 6.38. The normalized spacial score (nSPS) is 20.8. The molecule has 0 atom stereocenters. The maximum atomic E-state index is 9.48. The van der Waals surface area contributed by atoms with Crippen LogP contribution in [0.15, 0.2) is 18.2 Å². The number of nitriles is 1. The number of hydrogen-bond donors (Lipinski definition) is 0. The maximum absolute atomic E-state index is 9.48. The Hall–Kier alpha value is -1.49. The third-order valence-corrected chi connectivity index (χ3v) is 4.88. The van der Waals surface area contributed by atoms with E-state index in [9.17, 15) is 5.26 Å². The molecule has 0 aromatic heterocycles. The summed E-state index contributed by atoms with van der Waals surface area (Å²) in [4.78, 5) is 0. The Labute approximate surface area is 121 Å². The molecule has 2 aliphatic rings. The van der Waals surface area contributed by atoms with E-state index in [0.29, 0.717) is 6.61 Å². The van der Waals surface area contributed by atoms with Gasteiger partial charge in [-0.15, -0.1) is 0 Å². The highest BCUT2D eigenvalue weighted by molar-refractivity contribution is 5.37. The van der Waals surface area contributed by atoms with Crippen LogP contribution in [-0.4, -0.2) is 6.61 Å². The number of rotatable bonds is 3. The van der Waals surface area contributed by atoms with Crippen molar-refractivity contribution in [3.05, 3.63) is 29.3 Å². The van der Waals surface area contributed by atoms with E-state index in [-0.39, 0.29) is 5.41 Å². The third-order valence-electron chi connectivity index (χ3n) is 4.88. The molecule has 20 heavy (non-hydrogen) atoms. The van der Waals surface area contributed by atoms with Gasteiger partial charge in [-0.25, -0.2) is 0 Å². The minimum Gasteiger partial charge on any atom is -0.492 e. The standard InChI is InChI=1S/C18H23NO/c19-13-18(10-4-1-5-11-18)14-20-17-9-8-15-6-2-3-7-16(15)12-17/h8-9,12H,1-7,10-11,14H2. The van der Waals surface area contributed by atoms with Crippen LogP contribution in [0.25, 0.3) is 0 Å². The lowest BCUT2D eigenvalue weighted by Gasteiger charge is -2.30. The predicted molar refractivity (Wildman–Crippen MR) is 79.7 cm³/mol. The van der Waals surface area contributed by atoms with Gasteiger partial charge in [0.1, 0.15) is 12.4 Å². The predicted octanol–water partition coefficient (Wildman–Crippen LogP) is 4.42. The molecule has 0 aliphatic heterocycles. The Bertz CT molecular complexity index is 509. The number of hydrogen-bond acceptors (Lipinski definition) is 2. The van der Waals surface area contributed by atoms with Gasteiger partial charge in [0.2, 0.25) is 0 Å². The molecular formula is C18H23NO. The fraction of sp³-hybridized carbons (Fsp3) is 0.611. The molecule has 0 spiro atoms. The summed E-state index contributed by atoms with van der Waals surface area (Å²) in [6.07, 6.45) is 10.6. The van der Waals surface area contributed by atoms with E-state index in [1.807, 2.05) is 0 Å². The molecule has 2 nitrogen and oxygen atoms in total. The van der Waals surface area contributed by atoms with Crippen molar-refractivity contribution < 1.29 is 4.74 Å². The first-order valence-electron chi connectivity index (χ1n) is 7.97. The molecule has 106 valence electrons. The minimum absolute atomic E-state index is 0.242. The van der Waals surface area contributed by atoms with Gasteiger partial charge in [-0.05, 0) is 61.8 Å². The molecule has 0 heterocycles. The smallest absolute Gasteiger partial charge is 0.119 e. The first-order valence-corrected chi connectivity index (χ1v) is 7.97. The monoisotopic (exact) mass is 269 g/mol.